The molecule has 0 aromatic carbocycles. The van der Waals surface area contributed by atoms with Crippen LogP contribution < -0.4 is 10.6 Å². The summed E-state index contributed by atoms with van der Waals surface area (Å²) in [5.41, 5.74) is 0.527. The molecule has 3 aliphatic rings. The highest BCUT2D eigenvalue weighted by Crippen LogP contribution is 2.40. The number of nitrogens with zero attached hydrogens (tertiary/aromatic N) is 1. The van der Waals surface area contributed by atoms with Gasteiger partial charge in [-0.3, -0.25) is 14.5 Å². The Labute approximate surface area is 179 Å². The number of carbonyl (C=O) groups excluding carboxylic acids is 4. The second kappa shape index (κ2) is 8.02. The first-order valence-electron chi connectivity index (χ1n) is 10.6. The van der Waals surface area contributed by atoms with Crippen molar-refractivity contribution in [3.8, 4) is 0 Å². The van der Waals surface area contributed by atoms with Crippen LogP contribution in [0.5, 0.6) is 0 Å². The zero-order chi connectivity index (χ0) is 21.5. The molecule has 4 amide bonds. The third kappa shape index (κ3) is 3.59. The fourth-order valence-electron chi connectivity index (χ4n) is 4.71. The lowest BCUT2D eigenvalue weighted by molar-refractivity contribution is -0.133. The van der Waals surface area contributed by atoms with E-state index in [0.29, 0.717) is 29.3 Å². The highest BCUT2D eigenvalue weighted by atomic mass is 32.1. The Kier molecular flexibility index (Phi) is 5.57. The molecule has 1 aromatic heterocycles. The van der Waals surface area contributed by atoms with Gasteiger partial charge in [0.25, 0.3) is 5.91 Å². The maximum Gasteiger partial charge on any atom is 0.341 e. The van der Waals surface area contributed by atoms with E-state index in [9.17, 15) is 19.2 Å². The predicted octanol–water partition coefficient (Wildman–Crippen LogP) is 2.85. The molecule has 1 atom stereocenters. The van der Waals surface area contributed by atoms with Crippen molar-refractivity contribution in [3.63, 3.8) is 0 Å². The summed E-state index contributed by atoms with van der Waals surface area (Å²) in [7, 11) is 0. The number of carbonyl (C=O) groups is 4. The first-order valence-corrected chi connectivity index (χ1v) is 11.4. The number of hydrogen-bond donors (Lipinski definition) is 2. The zero-order valence-electron chi connectivity index (χ0n) is 17.3. The van der Waals surface area contributed by atoms with Crippen LogP contribution in [-0.2, 0) is 27.2 Å². The number of amides is 4. The molecule has 9 heteroatoms. The molecule has 0 unspecified atom stereocenters. The van der Waals surface area contributed by atoms with Crippen LogP contribution in [0.3, 0.4) is 0 Å². The van der Waals surface area contributed by atoms with Gasteiger partial charge in [-0.05, 0) is 50.5 Å². The summed E-state index contributed by atoms with van der Waals surface area (Å²) in [5, 5.41) is 5.99. The summed E-state index contributed by atoms with van der Waals surface area (Å²) in [6.45, 7) is 3.79. The normalized spacial score (nSPS) is 22.2. The maximum atomic E-state index is 12.8. The zero-order valence-corrected chi connectivity index (χ0v) is 18.2. The van der Waals surface area contributed by atoms with Crippen LogP contribution in [0.15, 0.2) is 0 Å². The quantitative estimate of drug-likeness (QED) is 0.549. The molecule has 1 aliphatic heterocycles. The van der Waals surface area contributed by atoms with Crippen molar-refractivity contribution in [2.45, 2.75) is 64.3 Å². The van der Waals surface area contributed by atoms with Crippen LogP contribution in [0.4, 0.5) is 9.80 Å². The van der Waals surface area contributed by atoms with Crippen molar-refractivity contribution in [2.24, 2.45) is 5.92 Å². The Morgan fingerprint density at radius 1 is 1.30 bits per heavy atom. The first kappa shape index (κ1) is 20.8. The van der Waals surface area contributed by atoms with E-state index in [0.717, 1.165) is 47.4 Å². The number of rotatable bonds is 5. The Balaban J connectivity index is 1.52. The number of ether oxygens (including phenoxy) is 1. The molecule has 2 fully saturated rings. The summed E-state index contributed by atoms with van der Waals surface area (Å²) in [5.74, 6) is -0.751. The average molecular weight is 434 g/mol. The third-order valence-electron chi connectivity index (χ3n) is 6.25. The van der Waals surface area contributed by atoms with Crippen molar-refractivity contribution in [2.75, 3.05) is 18.5 Å². The van der Waals surface area contributed by atoms with Crippen LogP contribution in [0.25, 0.3) is 0 Å². The van der Waals surface area contributed by atoms with Gasteiger partial charge >= 0.3 is 12.0 Å². The van der Waals surface area contributed by atoms with Crippen molar-refractivity contribution in [1.29, 1.82) is 0 Å². The minimum atomic E-state index is -0.842. The molecule has 2 aliphatic carbocycles. The molecule has 1 aromatic rings. The Bertz CT molecular complexity index is 903. The highest BCUT2D eigenvalue weighted by Gasteiger charge is 2.52. The predicted molar refractivity (Wildman–Crippen MR) is 112 cm³/mol. The SMILES string of the molecule is CCOC(=O)c1c(NC(=O)CN2C(=O)NC3(CCCC3)C2=O)sc2c1CC[C@H](C)C2. The van der Waals surface area contributed by atoms with E-state index in [4.69, 9.17) is 4.74 Å². The van der Waals surface area contributed by atoms with Gasteiger partial charge in [-0.1, -0.05) is 19.8 Å². The number of nitrogens with one attached hydrogen (secondary N) is 2. The van der Waals surface area contributed by atoms with Crippen LogP contribution in [-0.4, -0.2) is 47.4 Å². The van der Waals surface area contributed by atoms with Crippen molar-refractivity contribution < 1.29 is 23.9 Å². The molecule has 1 saturated heterocycles. The van der Waals surface area contributed by atoms with Crippen molar-refractivity contribution in [3.05, 3.63) is 16.0 Å². The summed E-state index contributed by atoms with van der Waals surface area (Å²) < 4.78 is 5.22. The summed E-state index contributed by atoms with van der Waals surface area (Å²) >= 11 is 1.39. The Morgan fingerprint density at radius 3 is 2.73 bits per heavy atom. The van der Waals surface area contributed by atoms with Gasteiger partial charge in [-0.2, -0.15) is 0 Å². The smallest absolute Gasteiger partial charge is 0.341 e. The van der Waals surface area contributed by atoms with E-state index in [1.165, 1.54) is 11.3 Å². The summed E-state index contributed by atoms with van der Waals surface area (Å²) in [6, 6.07) is -0.526. The maximum absolute atomic E-state index is 12.8. The van der Waals surface area contributed by atoms with E-state index in [1.807, 2.05) is 0 Å². The average Bonchev–Trinajstić information content (AvgIpc) is 3.35. The van der Waals surface area contributed by atoms with Crippen LogP contribution in [0, 0.1) is 5.92 Å². The van der Waals surface area contributed by atoms with Gasteiger partial charge in [-0.25, -0.2) is 9.59 Å². The second-order valence-electron chi connectivity index (χ2n) is 8.44. The molecular weight excluding hydrogens is 406 g/mol. The molecule has 2 N–H and O–H groups in total. The third-order valence-corrected chi connectivity index (χ3v) is 7.42. The van der Waals surface area contributed by atoms with E-state index in [-0.39, 0.29) is 19.1 Å². The lowest BCUT2D eigenvalue weighted by atomic mass is 9.88. The second-order valence-corrected chi connectivity index (χ2v) is 9.54. The van der Waals surface area contributed by atoms with Gasteiger partial charge < -0.3 is 15.4 Å². The minimum Gasteiger partial charge on any atom is -0.462 e. The molecule has 2 heterocycles. The first-order chi connectivity index (χ1) is 14.3. The number of esters is 1. The summed E-state index contributed by atoms with van der Waals surface area (Å²) in [6.07, 6.45) is 5.59. The largest absolute Gasteiger partial charge is 0.462 e. The molecule has 4 rings (SSSR count). The fraction of sp³-hybridized carbons (Fsp3) is 0.619. The molecular formula is C21H27N3O5S. The molecule has 1 spiro atoms. The number of imide groups is 1. The van der Waals surface area contributed by atoms with Gasteiger partial charge in [0.2, 0.25) is 5.91 Å². The highest BCUT2D eigenvalue weighted by molar-refractivity contribution is 7.17. The summed E-state index contributed by atoms with van der Waals surface area (Å²) in [4.78, 5) is 52.5. The number of fused-ring (bicyclic) bond motifs is 1. The Morgan fingerprint density at radius 2 is 2.03 bits per heavy atom. The number of hydrogen-bond acceptors (Lipinski definition) is 6. The molecule has 0 bridgehead atoms. The lowest BCUT2D eigenvalue weighted by Gasteiger charge is -2.19. The standard InChI is InChI=1S/C21H27N3O5S/c1-3-29-18(26)16-13-7-6-12(2)10-14(13)30-17(16)22-15(25)11-24-19(27)21(23-20(24)28)8-4-5-9-21/h12H,3-11H2,1-2H3,(H,22,25)(H,23,28)/t12-/m0/s1. The number of thiophene rings is 1. The molecule has 162 valence electrons. The lowest BCUT2D eigenvalue weighted by Crippen LogP contribution is -2.44. The van der Waals surface area contributed by atoms with Gasteiger partial charge in [0.15, 0.2) is 0 Å². The minimum absolute atomic E-state index is 0.248. The molecule has 30 heavy (non-hydrogen) atoms. The molecule has 8 nitrogen and oxygen atoms in total. The van der Waals surface area contributed by atoms with Gasteiger partial charge in [0, 0.05) is 4.88 Å². The van der Waals surface area contributed by atoms with E-state index in [2.05, 4.69) is 17.6 Å². The van der Waals surface area contributed by atoms with Gasteiger partial charge in [0.1, 0.15) is 17.1 Å². The Hall–Kier alpha value is -2.42. The van der Waals surface area contributed by atoms with Gasteiger partial charge in [0.05, 0.1) is 12.2 Å². The number of anilines is 1. The van der Waals surface area contributed by atoms with Crippen LogP contribution in [0.1, 0.15) is 66.8 Å². The van der Waals surface area contributed by atoms with Crippen molar-refractivity contribution >= 4 is 40.2 Å². The monoisotopic (exact) mass is 433 g/mol. The fourth-order valence-corrected chi connectivity index (χ4v) is 6.12. The van der Waals surface area contributed by atoms with E-state index in [1.54, 1.807) is 6.92 Å². The molecule has 1 saturated carbocycles. The van der Waals surface area contributed by atoms with Gasteiger partial charge in [-0.15, -0.1) is 11.3 Å². The molecule has 0 radical (unpaired) electrons. The topological polar surface area (TPSA) is 105 Å². The number of urea groups is 1. The van der Waals surface area contributed by atoms with E-state index < -0.39 is 23.4 Å². The van der Waals surface area contributed by atoms with Crippen molar-refractivity contribution in [1.82, 2.24) is 10.2 Å². The van der Waals surface area contributed by atoms with Crippen LogP contribution in [0.2, 0.25) is 0 Å². The van der Waals surface area contributed by atoms with Crippen LogP contribution >= 0.6 is 11.3 Å². The van der Waals surface area contributed by atoms with E-state index >= 15 is 0 Å².